The number of furan rings is 1. The Balaban J connectivity index is 2.40. The van der Waals surface area contributed by atoms with Crippen LogP contribution in [0.25, 0.3) is 0 Å². The third-order valence-corrected chi connectivity index (χ3v) is 2.72. The summed E-state index contributed by atoms with van der Waals surface area (Å²) in [5.74, 6) is 0.821. The molecule has 78 valence electrons. The predicted molar refractivity (Wildman–Crippen MR) is 59.4 cm³/mol. The Bertz CT molecular complexity index is 302. The van der Waals surface area contributed by atoms with E-state index in [1.165, 1.54) is 6.26 Å². The summed E-state index contributed by atoms with van der Waals surface area (Å²) in [6, 6.07) is 1.71. The van der Waals surface area contributed by atoms with Crippen LogP contribution in [0.5, 0.6) is 0 Å². The maximum atomic E-state index is 11.6. The summed E-state index contributed by atoms with van der Waals surface area (Å²) in [5, 5.41) is 0. The molecule has 0 fully saturated rings. The molecule has 0 aliphatic carbocycles. The number of ketones is 1. The van der Waals surface area contributed by atoms with E-state index in [2.05, 4.69) is 29.8 Å². The lowest BCUT2D eigenvalue weighted by Crippen LogP contribution is -1.99. The molecule has 1 rings (SSSR count). The van der Waals surface area contributed by atoms with E-state index in [4.69, 9.17) is 4.42 Å². The normalized spacial score (nSPS) is 10.9. The fourth-order valence-corrected chi connectivity index (χ4v) is 1.76. The van der Waals surface area contributed by atoms with Crippen LogP contribution in [0, 0.1) is 5.92 Å². The van der Waals surface area contributed by atoms with Crippen LogP contribution in [0.2, 0.25) is 0 Å². The molecule has 1 aromatic rings. The summed E-state index contributed by atoms with van der Waals surface area (Å²) in [6.45, 7) is 4.33. The summed E-state index contributed by atoms with van der Waals surface area (Å²) < 4.78 is 5.56. The second-order valence-corrected chi connectivity index (χ2v) is 4.54. The average molecular weight is 259 g/mol. The Kier molecular flexibility index (Phi) is 4.39. The molecule has 0 amide bonds. The van der Waals surface area contributed by atoms with Gasteiger partial charge in [-0.05, 0) is 34.3 Å². The van der Waals surface area contributed by atoms with E-state index >= 15 is 0 Å². The lowest BCUT2D eigenvalue weighted by Gasteiger charge is -2.02. The standard InChI is InChI=1S/C11H15BrO2/c1-8(2)4-3-5-10(13)9-6-7-14-11(9)12/h6-8H,3-5H2,1-2H3. The number of carbonyl (C=O) groups excluding carboxylic acids is 1. The Morgan fingerprint density at radius 3 is 2.79 bits per heavy atom. The zero-order valence-electron chi connectivity index (χ0n) is 8.55. The molecule has 0 atom stereocenters. The molecule has 0 saturated heterocycles. The van der Waals surface area contributed by atoms with Crippen molar-refractivity contribution in [2.75, 3.05) is 0 Å². The van der Waals surface area contributed by atoms with Gasteiger partial charge in [0.1, 0.15) is 0 Å². The Morgan fingerprint density at radius 2 is 2.29 bits per heavy atom. The highest BCUT2D eigenvalue weighted by Gasteiger charge is 2.11. The van der Waals surface area contributed by atoms with Crippen molar-refractivity contribution >= 4 is 21.7 Å². The molecule has 3 heteroatoms. The second kappa shape index (κ2) is 5.35. The van der Waals surface area contributed by atoms with Gasteiger partial charge in [0.2, 0.25) is 0 Å². The van der Waals surface area contributed by atoms with Gasteiger partial charge >= 0.3 is 0 Å². The Labute approximate surface area is 92.8 Å². The number of hydrogen-bond acceptors (Lipinski definition) is 2. The molecule has 0 spiro atoms. The van der Waals surface area contributed by atoms with Crippen LogP contribution in [-0.2, 0) is 0 Å². The molecule has 0 radical (unpaired) electrons. The first-order valence-electron chi connectivity index (χ1n) is 4.87. The fourth-order valence-electron chi connectivity index (χ4n) is 1.30. The summed E-state index contributed by atoms with van der Waals surface area (Å²) in [4.78, 5) is 11.6. The lowest BCUT2D eigenvalue weighted by atomic mass is 10.0. The number of carbonyl (C=O) groups is 1. The van der Waals surface area contributed by atoms with Gasteiger partial charge in [-0.2, -0.15) is 0 Å². The van der Waals surface area contributed by atoms with Gasteiger partial charge in [-0.25, -0.2) is 0 Å². The summed E-state index contributed by atoms with van der Waals surface area (Å²) in [5.41, 5.74) is 0.661. The van der Waals surface area contributed by atoms with Crippen LogP contribution in [0.4, 0.5) is 0 Å². The smallest absolute Gasteiger partial charge is 0.179 e. The first kappa shape index (κ1) is 11.5. The number of halogens is 1. The second-order valence-electron chi connectivity index (χ2n) is 3.82. The molecule has 2 nitrogen and oxygen atoms in total. The molecular weight excluding hydrogens is 244 g/mol. The van der Waals surface area contributed by atoms with Gasteiger partial charge in [-0.15, -0.1) is 0 Å². The lowest BCUT2D eigenvalue weighted by molar-refractivity contribution is 0.0976. The Morgan fingerprint density at radius 1 is 1.57 bits per heavy atom. The van der Waals surface area contributed by atoms with E-state index in [0.717, 1.165) is 12.8 Å². The van der Waals surface area contributed by atoms with Crippen molar-refractivity contribution in [2.24, 2.45) is 5.92 Å². The molecule has 1 aromatic heterocycles. The molecular formula is C11H15BrO2. The van der Waals surface area contributed by atoms with Gasteiger partial charge in [-0.1, -0.05) is 20.3 Å². The minimum atomic E-state index is 0.159. The van der Waals surface area contributed by atoms with E-state index in [1.807, 2.05) is 0 Å². The van der Waals surface area contributed by atoms with Crippen LogP contribution < -0.4 is 0 Å². The molecule has 1 heterocycles. The van der Waals surface area contributed by atoms with Crippen LogP contribution in [0.15, 0.2) is 21.4 Å². The monoisotopic (exact) mass is 258 g/mol. The summed E-state index contributed by atoms with van der Waals surface area (Å²) >= 11 is 3.20. The topological polar surface area (TPSA) is 30.2 Å². The first-order valence-corrected chi connectivity index (χ1v) is 5.66. The highest BCUT2D eigenvalue weighted by Crippen LogP contribution is 2.20. The molecule has 0 saturated carbocycles. The summed E-state index contributed by atoms with van der Waals surface area (Å²) in [6.07, 6.45) is 4.19. The first-order chi connectivity index (χ1) is 6.61. The highest BCUT2D eigenvalue weighted by molar-refractivity contribution is 9.10. The third-order valence-electron chi connectivity index (χ3n) is 2.10. The molecule has 0 aliphatic heterocycles. The quantitative estimate of drug-likeness (QED) is 0.746. The van der Waals surface area contributed by atoms with E-state index in [0.29, 0.717) is 22.6 Å². The zero-order chi connectivity index (χ0) is 10.6. The summed E-state index contributed by atoms with van der Waals surface area (Å²) in [7, 11) is 0. The van der Waals surface area contributed by atoms with Gasteiger partial charge < -0.3 is 4.42 Å². The molecule has 0 aliphatic rings. The largest absolute Gasteiger partial charge is 0.457 e. The zero-order valence-corrected chi connectivity index (χ0v) is 10.1. The van der Waals surface area contributed by atoms with E-state index in [9.17, 15) is 4.79 Å². The van der Waals surface area contributed by atoms with Crippen molar-refractivity contribution in [2.45, 2.75) is 33.1 Å². The van der Waals surface area contributed by atoms with E-state index in [1.54, 1.807) is 6.07 Å². The number of rotatable bonds is 5. The minimum absolute atomic E-state index is 0.159. The van der Waals surface area contributed by atoms with E-state index < -0.39 is 0 Å². The van der Waals surface area contributed by atoms with Crippen molar-refractivity contribution in [3.8, 4) is 0 Å². The molecule has 0 aromatic carbocycles. The fraction of sp³-hybridized carbons (Fsp3) is 0.545. The molecule has 0 unspecified atom stereocenters. The van der Waals surface area contributed by atoms with Crippen LogP contribution >= 0.6 is 15.9 Å². The van der Waals surface area contributed by atoms with Gasteiger partial charge in [0.15, 0.2) is 10.5 Å². The van der Waals surface area contributed by atoms with Crippen LogP contribution in [-0.4, -0.2) is 5.78 Å². The molecule has 14 heavy (non-hydrogen) atoms. The minimum Gasteiger partial charge on any atom is -0.457 e. The predicted octanol–water partition coefficient (Wildman–Crippen LogP) is 4.05. The number of Topliss-reactive ketones (excluding diaryl/α,β-unsaturated/α-hetero) is 1. The van der Waals surface area contributed by atoms with Crippen molar-refractivity contribution < 1.29 is 9.21 Å². The van der Waals surface area contributed by atoms with Crippen molar-refractivity contribution in [3.63, 3.8) is 0 Å². The number of hydrogen-bond donors (Lipinski definition) is 0. The van der Waals surface area contributed by atoms with Crippen molar-refractivity contribution in [1.82, 2.24) is 0 Å². The SMILES string of the molecule is CC(C)CCCC(=O)c1ccoc1Br. The van der Waals surface area contributed by atoms with E-state index in [-0.39, 0.29) is 5.78 Å². The van der Waals surface area contributed by atoms with Crippen molar-refractivity contribution in [3.05, 3.63) is 22.6 Å². The van der Waals surface area contributed by atoms with Gasteiger partial charge in [0.05, 0.1) is 11.8 Å². The Hall–Kier alpha value is -0.570. The highest BCUT2D eigenvalue weighted by atomic mass is 79.9. The molecule has 0 N–H and O–H groups in total. The van der Waals surface area contributed by atoms with Crippen LogP contribution in [0.3, 0.4) is 0 Å². The maximum absolute atomic E-state index is 11.6. The average Bonchev–Trinajstić information content (AvgIpc) is 2.50. The van der Waals surface area contributed by atoms with Crippen LogP contribution in [0.1, 0.15) is 43.5 Å². The third kappa shape index (κ3) is 3.29. The van der Waals surface area contributed by atoms with Crippen molar-refractivity contribution in [1.29, 1.82) is 0 Å². The van der Waals surface area contributed by atoms with Gasteiger partial charge in [0.25, 0.3) is 0 Å². The molecule has 0 bridgehead atoms. The maximum Gasteiger partial charge on any atom is 0.179 e. The van der Waals surface area contributed by atoms with Gasteiger partial charge in [0, 0.05) is 6.42 Å². The van der Waals surface area contributed by atoms with Gasteiger partial charge in [-0.3, -0.25) is 4.79 Å².